The van der Waals surface area contributed by atoms with E-state index in [0.717, 1.165) is 96.3 Å². The van der Waals surface area contributed by atoms with E-state index in [1.165, 1.54) is 180 Å². The summed E-state index contributed by atoms with van der Waals surface area (Å²) in [7, 11) is 0. The average Bonchev–Trinajstić information content (AvgIpc) is 3.39. The molecule has 0 aliphatic rings. The number of esters is 3. The zero-order valence-electron chi connectivity index (χ0n) is 48.4. The van der Waals surface area contributed by atoms with Crippen LogP contribution in [-0.2, 0) is 28.6 Å². The van der Waals surface area contributed by atoms with Crippen molar-refractivity contribution in [1.29, 1.82) is 0 Å². The second kappa shape index (κ2) is 61.4. The summed E-state index contributed by atoms with van der Waals surface area (Å²) in [5, 5.41) is 0. The van der Waals surface area contributed by atoms with Crippen LogP contribution in [0.15, 0.2) is 72.9 Å². The zero-order chi connectivity index (χ0) is 52.9. The molecule has 0 saturated carbocycles. The van der Waals surface area contributed by atoms with Crippen molar-refractivity contribution in [3.8, 4) is 0 Å². The second-order valence-corrected chi connectivity index (χ2v) is 20.9. The quantitative estimate of drug-likeness (QED) is 0.0261. The molecule has 0 radical (unpaired) electrons. The minimum atomic E-state index is -0.773. The van der Waals surface area contributed by atoms with Crippen LogP contribution < -0.4 is 0 Å². The summed E-state index contributed by atoms with van der Waals surface area (Å²) in [5.41, 5.74) is 0. The molecular formula is C67H118O6. The summed E-state index contributed by atoms with van der Waals surface area (Å²) < 4.78 is 16.8. The Kier molecular flexibility index (Phi) is 58.7. The van der Waals surface area contributed by atoms with Gasteiger partial charge in [-0.3, -0.25) is 14.4 Å². The van der Waals surface area contributed by atoms with Gasteiger partial charge >= 0.3 is 17.9 Å². The van der Waals surface area contributed by atoms with E-state index in [1.54, 1.807) is 0 Å². The van der Waals surface area contributed by atoms with Crippen LogP contribution in [0, 0.1) is 0 Å². The molecule has 0 bridgehead atoms. The maximum absolute atomic E-state index is 12.8. The Balaban J connectivity index is 4.04. The van der Waals surface area contributed by atoms with Crippen LogP contribution in [0.25, 0.3) is 0 Å². The summed E-state index contributed by atoms with van der Waals surface area (Å²) in [6.07, 6.45) is 79.6. The fraction of sp³-hybridized carbons (Fsp3) is 0.776. The number of allylic oxidation sites excluding steroid dienone is 12. The Morgan fingerprint density at radius 1 is 0.288 bits per heavy atom. The van der Waals surface area contributed by atoms with Gasteiger partial charge in [-0.2, -0.15) is 0 Å². The van der Waals surface area contributed by atoms with Gasteiger partial charge in [0.1, 0.15) is 13.2 Å². The number of rotatable bonds is 57. The van der Waals surface area contributed by atoms with Gasteiger partial charge in [0.15, 0.2) is 6.10 Å². The lowest BCUT2D eigenvalue weighted by Gasteiger charge is -2.18. The van der Waals surface area contributed by atoms with E-state index in [1.807, 2.05) is 0 Å². The van der Waals surface area contributed by atoms with E-state index in [2.05, 4.69) is 93.7 Å². The fourth-order valence-electron chi connectivity index (χ4n) is 9.00. The lowest BCUT2D eigenvalue weighted by Crippen LogP contribution is -2.30. The molecule has 0 fully saturated rings. The highest BCUT2D eigenvalue weighted by molar-refractivity contribution is 5.71. The molecule has 6 heteroatoms. The normalized spacial score (nSPS) is 12.5. The van der Waals surface area contributed by atoms with E-state index in [9.17, 15) is 14.4 Å². The van der Waals surface area contributed by atoms with Crippen molar-refractivity contribution in [2.24, 2.45) is 0 Å². The van der Waals surface area contributed by atoms with E-state index in [0.29, 0.717) is 19.3 Å². The topological polar surface area (TPSA) is 78.9 Å². The molecule has 0 aromatic rings. The van der Waals surface area contributed by atoms with Crippen molar-refractivity contribution < 1.29 is 28.6 Å². The molecule has 0 saturated heterocycles. The highest BCUT2D eigenvalue weighted by Gasteiger charge is 2.19. The molecule has 0 aromatic carbocycles. The summed E-state index contributed by atoms with van der Waals surface area (Å²) in [4.78, 5) is 37.9. The van der Waals surface area contributed by atoms with Crippen LogP contribution in [0.2, 0.25) is 0 Å². The van der Waals surface area contributed by atoms with E-state index in [-0.39, 0.29) is 31.1 Å². The molecule has 422 valence electrons. The van der Waals surface area contributed by atoms with Crippen LogP contribution in [0.1, 0.15) is 316 Å². The van der Waals surface area contributed by atoms with Crippen molar-refractivity contribution in [3.05, 3.63) is 72.9 Å². The molecule has 0 spiro atoms. The van der Waals surface area contributed by atoms with Gasteiger partial charge in [0, 0.05) is 19.3 Å². The average molecular weight is 1020 g/mol. The first-order chi connectivity index (χ1) is 36.0. The Labute approximate surface area is 453 Å². The first-order valence-corrected chi connectivity index (χ1v) is 31.4. The molecule has 6 nitrogen and oxygen atoms in total. The van der Waals surface area contributed by atoms with Gasteiger partial charge in [0.05, 0.1) is 0 Å². The fourth-order valence-corrected chi connectivity index (χ4v) is 9.00. The number of carbonyl (C=O) groups excluding carboxylic acids is 3. The Morgan fingerprint density at radius 3 is 0.849 bits per heavy atom. The summed E-state index contributed by atoms with van der Waals surface area (Å²) in [6, 6.07) is 0. The third-order valence-corrected chi connectivity index (χ3v) is 13.7. The smallest absolute Gasteiger partial charge is 0.306 e. The Morgan fingerprint density at radius 2 is 0.534 bits per heavy atom. The number of ether oxygens (including phenoxy) is 3. The summed E-state index contributed by atoms with van der Waals surface area (Å²) >= 11 is 0. The second-order valence-electron chi connectivity index (χ2n) is 20.9. The van der Waals surface area contributed by atoms with Crippen LogP contribution in [0.5, 0.6) is 0 Å². The standard InChI is InChI=1S/C67H118O6/c1-4-7-10-13-15-17-19-21-23-25-27-29-31-32-33-34-36-37-39-41-43-45-47-49-51-54-57-60-66(69)72-63-64(62-71-65(68)59-56-53-12-9-6-3)73-67(70)61-58-55-52-50-48-46-44-42-40-38-35-30-28-26-24-22-20-18-16-14-11-8-5-2/h7,10,15,17,21,23,26-29,32-33,64H,4-6,8-9,11-14,16,18-20,22,24-25,30-31,34-63H2,1-3H3/b10-7-,17-15-,23-21-,28-26-,29-27-,33-32-. The summed E-state index contributed by atoms with van der Waals surface area (Å²) in [6.45, 7) is 6.47. The van der Waals surface area contributed by atoms with Gasteiger partial charge in [-0.15, -0.1) is 0 Å². The predicted octanol–water partition coefficient (Wildman–Crippen LogP) is 21.3. The van der Waals surface area contributed by atoms with E-state index < -0.39 is 6.10 Å². The lowest BCUT2D eigenvalue weighted by molar-refractivity contribution is -0.167. The molecule has 0 heterocycles. The Hall–Kier alpha value is -3.15. The molecular weight excluding hydrogens is 901 g/mol. The number of unbranched alkanes of at least 4 members (excludes halogenated alkanes) is 34. The maximum Gasteiger partial charge on any atom is 0.306 e. The predicted molar refractivity (Wildman–Crippen MR) is 316 cm³/mol. The van der Waals surface area contributed by atoms with Crippen molar-refractivity contribution in [2.75, 3.05) is 13.2 Å². The molecule has 73 heavy (non-hydrogen) atoms. The molecule has 1 atom stereocenters. The first-order valence-electron chi connectivity index (χ1n) is 31.4. The van der Waals surface area contributed by atoms with Gasteiger partial charge in [-0.1, -0.05) is 280 Å². The van der Waals surface area contributed by atoms with Crippen molar-refractivity contribution in [1.82, 2.24) is 0 Å². The minimum Gasteiger partial charge on any atom is -0.462 e. The molecule has 0 rings (SSSR count). The van der Waals surface area contributed by atoms with Crippen LogP contribution in [-0.4, -0.2) is 37.2 Å². The monoisotopic (exact) mass is 1020 g/mol. The van der Waals surface area contributed by atoms with Gasteiger partial charge in [-0.05, 0) is 89.9 Å². The lowest BCUT2D eigenvalue weighted by atomic mass is 10.0. The molecule has 0 aliphatic carbocycles. The van der Waals surface area contributed by atoms with Crippen LogP contribution in [0.4, 0.5) is 0 Å². The van der Waals surface area contributed by atoms with Gasteiger partial charge < -0.3 is 14.2 Å². The van der Waals surface area contributed by atoms with E-state index in [4.69, 9.17) is 14.2 Å². The SMILES string of the molecule is CC/C=C\C/C=C\C/C=C\C/C=C\C/C=C\CCCCCCCCCCCCCC(=O)OCC(COC(=O)CCCCCCC)OC(=O)CCCCCCCCCCCCC/C=C\CCCCCCCCCC. The molecule has 0 aliphatic heterocycles. The van der Waals surface area contributed by atoms with Gasteiger partial charge in [-0.25, -0.2) is 0 Å². The van der Waals surface area contributed by atoms with Crippen molar-refractivity contribution in [3.63, 3.8) is 0 Å². The highest BCUT2D eigenvalue weighted by Crippen LogP contribution is 2.16. The van der Waals surface area contributed by atoms with Gasteiger partial charge in [0.2, 0.25) is 0 Å². The third-order valence-electron chi connectivity index (χ3n) is 13.7. The van der Waals surface area contributed by atoms with Crippen LogP contribution >= 0.6 is 0 Å². The van der Waals surface area contributed by atoms with Crippen molar-refractivity contribution >= 4 is 17.9 Å². The number of carbonyl (C=O) groups is 3. The summed E-state index contributed by atoms with van der Waals surface area (Å²) in [5.74, 6) is -0.881. The number of hydrogen-bond donors (Lipinski definition) is 0. The number of hydrogen-bond acceptors (Lipinski definition) is 6. The molecule has 0 amide bonds. The Bertz CT molecular complexity index is 1360. The van der Waals surface area contributed by atoms with Crippen molar-refractivity contribution in [2.45, 2.75) is 322 Å². The molecule has 1 unspecified atom stereocenters. The minimum absolute atomic E-state index is 0.0750. The molecule has 0 aromatic heterocycles. The van der Waals surface area contributed by atoms with E-state index >= 15 is 0 Å². The zero-order valence-corrected chi connectivity index (χ0v) is 48.4. The highest BCUT2D eigenvalue weighted by atomic mass is 16.6. The third kappa shape index (κ3) is 59.6. The maximum atomic E-state index is 12.8. The van der Waals surface area contributed by atoms with Gasteiger partial charge in [0.25, 0.3) is 0 Å². The first kappa shape index (κ1) is 69.8. The molecule has 0 N–H and O–H groups in total. The largest absolute Gasteiger partial charge is 0.462 e. The van der Waals surface area contributed by atoms with Crippen LogP contribution in [0.3, 0.4) is 0 Å².